The third-order valence-corrected chi connectivity index (χ3v) is 2.35. The van der Waals surface area contributed by atoms with E-state index >= 15 is 0 Å². The number of hydrogen-bond donors (Lipinski definition) is 3. The molecule has 1 aromatic rings. The normalized spacial score (nSPS) is 11.9. The molecule has 5 heteroatoms. The zero-order chi connectivity index (χ0) is 7.78. The average molecular weight is 161 g/mol. The fourth-order valence-corrected chi connectivity index (χ4v) is 1.51. The Labute approximate surface area is 58.1 Å². The van der Waals surface area contributed by atoms with Crippen LogP contribution in [0.15, 0.2) is 12.4 Å². The zero-order valence-electron chi connectivity index (χ0n) is 5.40. The molecular weight excluding hydrogens is 153 g/mol. The Morgan fingerprint density at radius 1 is 1.50 bits per heavy atom. The standard InChI is InChI=1S/C5H8NO3P/c1-4-2-6-3-5(4)10(7,8)9/h2-3,6H,1H3,(H2,7,8,9). The third-order valence-electron chi connectivity index (χ3n) is 1.24. The number of aromatic amines is 1. The topological polar surface area (TPSA) is 73.3 Å². The minimum atomic E-state index is -4.04. The fraction of sp³-hybridized carbons (Fsp3) is 0.200. The highest BCUT2D eigenvalue weighted by molar-refractivity contribution is 7.60. The lowest BCUT2D eigenvalue weighted by molar-refractivity contribution is 0.387. The van der Waals surface area contributed by atoms with Crippen molar-refractivity contribution in [1.29, 1.82) is 0 Å². The second-order valence-electron chi connectivity index (χ2n) is 2.07. The molecule has 0 atom stereocenters. The Kier molecular flexibility index (Phi) is 1.68. The first-order valence-corrected chi connectivity index (χ1v) is 4.32. The maximum absolute atomic E-state index is 10.6. The van der Waals surface area contributed by atoms with Crippen LogP contribution in [0.3, 0.4) is 0 Å². The predicted molar refractivity (Wildman–Crippen MR) is 37.2 cm³/mol. The van der Waals surface area contributed by atoms with Crippen LogP contribution in [0.4, 0.5) is 0 Å². The Morgan fingerprint density at radius 2 is 2.10 bits per heavy atom. The van der Waals surface area contributed by atoms with Gasteiger partial charge >= 0.3 is 7.60 Å². The van der Waals surface area contributed by atoms with Gasteiger partial charge in [0.15, 0.2) is 0 Å². The first kappa shape index (κ1) is 7.54. The summed E-state index contributed by atoms with van der Waals surface area (Å²) in [4.78, 5) is 19.9. The highest BCUT2D eigenvalue weighted by atomic mass is 31.2. The van der Waals surface area contributed by atoms with Gasteiger partial charge in [-0.05, 0) is 12.5 Å². The summed E-state index contributed by atoms with van der Waals surface area (Å²) in [7, 11) is -4.04. The molecule has 0 amide bonds. The molecule has 1 aromatic heterocycles. The third kappa shape index (κ3) is 1.29. The minimum Gasteiger partial charge on any atom is -0.367 e. The number of rotatable bonds is 1. The van der Waals surface area contributed by atoms with Gasteiger partial charge in [0.1, 0.15) is 0 Å². The van der Waals surface area contributed by atoms with Crippen LogP contribution < -0.4 is 5.30 Å². The van der Waals surface area contributed by atoms with E-state index in [1.807, 2.05) is 0 Å². The molecule has 0 saturated heterocycles. The van der Waals surface area contributed by atoms with Crippen LogP contribution in [-0.4, -0.2) is 14.8 Å². The van der Waals surface area contributed by atoms with Crippen molar-refractivity contribution in [3.05, 3.63) is 18.0 Å². The van der Waals surface area contributed by atoms with E-state index in [2.05, 4.69) is 4.98 Å². The molecule has 0 aromatic carbocycles. The SMILES string of the molecule is Cc1c[nH]cc1P(=O)(O)O. The van der Waals surface area contributed by atoms with E-state index in [1.54, 1.807) is 13.1 Å². The van der Waals surface area contributed by atoms with Crippen molar-refractivity contribution in [2.45, 2.75) is 6.92 Å². The van der Waals surface area contributed by atoms with E-state index < -0.39 is 7.60 Å². The summed E-state index contributed by atoms with van der Waals surface area (Å²) in [5.74, 6) is 0. The smallest absolute Gasteiger partial charge is 0.358 e. The predicted octanol–water partition coefficient (Wildman–Crippen LogP) is 0.126. The Balaban J connectivity index is 3.18. The average Bonchev–Trinajstić information content (AvgIpc) is 2.11. The molecule has 0 radical (unpaired) electrons. The monoisotopic (exact) mass is 161 g/mol. The van der Waals surface area contributed by atoms with E-state index in [1.165, 1.54) is 6.20 Å². The van der Waals surface area contributed by atoms with Crippen LogP contribution in [0, 0.1) is 6.92 Å². The molecule has 4 nitrogen and oxygen atoms in total. The van der Waals surface area contributed by atoms with E-state index in [-0.39, 0.29) is 5.30 Å². The molecule has 0 aliphatic carbocycles. The van der Waals surface area contributed by atoms with Crippen LogP contribution in [-0.2, 0) is 4.57 Å². The molecule has 1 rings (SSSR count). The van der Waals surface area contributed by atoms with Crippen molar-refractivity contribution in [3.63, 3.8) is 0 Å². The van der Waals surface area contributed by atoms with Crippen LogP contribution in [0.1, 0.15) is 5.56 Å². The summed E-state index contributed by atoms with van der Waals surface area (Å²) < 4.78 is 10.6. The van der Waals surface area contributed by atoms with Crippen LogP contribution in [0.5, 0.6) is 0 Å². The molecule has 10 heavy (non-hydrogen) atoms. The van der Waals surface area contributed by atoms with Crippen molar-refractivity contribution in [2.75, 3.05) is 0 Å². The summed E-state index contributed by atoms with van der Waals surface area (Å²) in [6.45, 7) is 1.64. The lowest BCUT2D eigenvalue weighted by Crippen LogP contribution is -2.02. The van der Waals surface area contributed by atoms with Crippen LogP contribution in [0.2, 0.25) is 0 Å². The van der Waals surface area contributed by atoms with Gasteiger partial charge in [-0.1, -0.05) is 0 Å². The molecule has 1 heterocycles. The first-order valence-electron chi connectivity index (χ1n) is 2.71. The Bertz CT molecular complexity index is 274. The molecule has 56 valence electrons. The van der Waals surface area contributed by atoms with Crippen LogP contribution in [0.25, 0.3) is 0 Å². The maximum Gasteiger partial charge on any atom is 0.358 e. The van der Waals surface area contributed by atoms with Gasteiger partial charge in [-0.3, -0.25) is 4.57 Å². The highest BCUT2D eigenvalue weighted by Crippen LogP contribution is 2.33. The summed E-state index contributed by atoms with van der Waals surface area (Å²) in [5, 5.41) is 0.0764. The maximum atomic E-state index is 10.6. The van der Waals surface area contributed by atoms with E-state index in [4.69, 9.17) is 9.79 Å². The number of hydrogen-bond acceptors (Lipinski definition) is 1. The first-order chi connectivity index (χ1) is 4.52. The number of H-pyrrole nitrogens is 1. The zero-order valence-corrected chi connectivity index (χ0v) is 6.30. The molecule has 0 unspecified atom stereocenters. The summed E-state index contributed by atoms with van der Waals surface area (Å²) >= 11 is 0. The lowest BCUT2D eigenvalue weighted by Gasteiger charge is -1.99. The Morgan fingerprint density at radius 3 is 2.30 bits per heavy atom. The van der Waals surface area contributed by atoms with Crippen molar-refractivity contribution in [1.82, 2.24) is 4.98 Å². The number of aryl methyl sites for hydroxylation is 1. The van der Waals surface area contributed by atoms with E-state index in [0.717, 1.165) is 0 Å². The summed E-state index contributed by atoms with van der Waals surface area (Å²) in [6.07, 6.45) is 2.87. The van der Waals surface area contributed by atoms with Crippen LogP contribution >= 0.6 is 7.60 Å². The molecule has 0 bridgehead atoms. The van der Waals surface area contributed by atoms with Crippen molar-refractivity contribution < 1.29 is 14.4 Å². The van der Waals surface area contributed by atoms with Crippen molar-refractivity contribution >= 4 is 12.9 Å². The molecular formula is C5H8NO3P. The lowest BCUT2D eigenvalue weighted by atomic mass is 10.4. The van der Waals surface area contributed by atoms with Gasteiger partial charge in [0.05, 0.1) is 5.30 Å². The molecule has 3 N–H and O–H groups in total. The van der Waals surface area contributed by atoms with Crippen molar-refractivity contribution in [3.8, 4) is 0 Å². The van der Waals surface area contributed by atoms with E-state index in [0.29, 0.717) is 5.56 Å². The fourth-order valence-electron chi connectivity index (χ4n) is 0.747. The van der Waals surface area contributed by atoms with E-state index in [9.17, 15) is 4.57 Å². The van der Waals surface area contributed by atoms with Gasteiger partial charge < -0.3 is 14.8 Å². The van der Waals surface area contributed by atoms with Gasteiger partial charge in [-0.25, -0.2) is 0 Å². The largest absolute Gasteiger partial charge is 0.367 e. The number of aromatic nitrogens is 1. The molecule has 0 aliphatic heterocycles. The summed E-state index contributed by atoms with van der Waals surface area (Å²) in [5.41, 5.74) is 0.591. The van der Waals surface area contributed by atoms with Gasteiger partial charge in [0.2, 0.25) is 0 Å². The molecule has 0 spiro atoms. The summed E-state index contributed by atoms with van der Waals surface area (Å²) in [6, 6.07) is 0. The minimum absolute atomic E-state index is 0.0764. The molecule has 0 fully saturated rings. The number of nitrogens with one attached hydrogen (secondary N) is 1. The van der Waals surface area contributed by atoms with Gasteiger partial charge in [-0.2, -0.15) is 0 Å². The molecule has 0 aliphatic rings. The Hall–Kier alpha value is -0.570. The van der Waals surface area contributed by atoms with Gasteiger partial charge in [0, 0.05) is 12.4 Å². The van der Waals surface area contributed by atoms with Gasteiger partial charge in [0.25, 0.3) is 0 Å². The quantitative estimate of drug-likeness (QED) is 0.512. The van der Waals surface area contributed by atoms with Crippen molar-refractivity contribution in [2.24, 2.45) is 0 Å². The van der Waals surface area contributed by atoms with Gasteiger partial charge in [-0.15, -0.1) is 0 Å². The second kappa shape index (κ2) is 2.23. The second-order valence-corrected chi connectivity index (χ2v) is 3.64. The molecule has 0 saturated carbocycles. The highest BCUT2D eigenvalue weighted by Gasteiger charge is 2.19.